The van der Waals surface area contributed by atoms with Crippen LogP contribution < -0.4 is 10.5 Å². The summed E-state index contributed by atoms with van der Waals surface area (Å²) in [5.41, 5.74) is 6.71. The summed E-state index contributed by atoms with van der Waals surface area (Å²) in [5.74, 6) is 0.0412. The molecule has 1 heterocycles. The molecule has 8 nitrogen and oxygen atoms in total. The van der Waals surface area contributed by atoms with Gasteiger partial charge >= 0.3 is 6.09 Å². The molecule has 2 rings (SSSR count). The van der Waals surface area contributed by atoms with E-state index in [0.29, 0.717) is 18.5 Å². The molecule has 0 spiro atoms. The fraction of sp³-hybridized carbons (Fsp3) is 0.444. The topological polar surface area (TPSA) is 116 Å². The summed E-state index contributed by atoms with van der Waals surface area (Å²) in [6, 6.07) is 6.64. The maximum absolute atomic E-state index is 12.2. The monoisotopic (exact) mass is 394 g/mol. The van der Waals surface area contributed by atoms with Gasteiger partial charge in [-0.15, -0.1) is 0 Å². The van der Waals surface area contributed by atoms with Crippen LogP contribution in [-0.4, -0.2) is 36.2 Å². The lowest BCUT2D eigenvalue weighted by molar-refractivity contribution is 0.0540. The third-order valence-corrected chi connectivity index (χ3v) is 5.08. The zero-order valence-electron chi connectivity index (χ0n) is 16.0. The number of aryl methyl sites for hydroxylation is 2. The lowest BCUT2D eigenvalue weighted by Gasteiger charge is -2.19. The van der Waals surface area contributed by atoms with Gasteiger partial charge in [0, 0.05) is 12.7 Å². The molecule has 0 saturated carbocycles. The van der Waals surface area contributed by atoms with Crippen molar-refractivity contribution in [2.45, 2.75) is 51.0 Å². The Balaban J connectivity index is 1.90. The minimum Gasteiger partial charge on any atom is -0.443 e. The number of rotatable bonds is 6. The highest BCUT2D eigenvalue weighted by molar-refractivity contribution is 7.89. The number of carbonyl (C=O) groups is 1. The Morgan fingerprint density at radius 1 is 1.26 bits per heavy atom. The number of nitrogens with one attached hydrogen (secondary N) is 1. The second-order valence-corrected chi connectivity index (χ2v) is 9.02. The highest BCUT2D eigenvalue weighted by atomic mass is 32.2. The molecule has 9 heteroatoms. The number of hydrogen-bond donors (Lipinski definition) is 2. The Morgan fingerprint density at radius 3 is 2.48 bits per heavy atom. The zero-order chi connectivity index (χ0) is 20.2. The summed E-state index contributed by atoms with van der Waals surface area (Å²) in [6.07, 6.45) is 1.89. The van der Waals surface area contributed by atoms with E-state index in [1.54, 1.807) is 45.0 Å². The molecular weight excluding hydrogens is 368 g/mol. The highest BCUT2D eigenvalue weighted by Crippen LogP contribution is 2.14. The lowest BCUT2D eigenvalue weighted by atomic mass is 10.2. The quantitative estimate of drug-likeness (QED) is 0.727. The molecule has 148 valence electrons. The largest absolute Gasteiger partial charge is 0.443 e. The van der Waals surface area contributed by atoms with Gasteiger partial charge in [0.1, 0.15) is 5.60 Å². The summed E-state index contributed by atoms with van der Waals surface area (Å²) >= 11 is 0. The van der Waals surface area contributed by atoms with Gasteiger partial charge in [0.05, 0.1) is 10.6 Å². The first kappa shape index (κ1) is 20.9. The third kappa shape index (κ3) is 6.07. The number of benzene rings is 1. The van der Waals surface area contributed by atoms with Gasteiger partial charge < -0.3 is 10.5 Å². The van der Waals surface area contributed by atoms with Gasteiger partial charge in [0.2, 0.25) is 16.0 Å². The van der Waals surface area contributed by atoms with Crippen LogP contribution in [0.1, 0.15) is 38.4 Å². The third-order valence-electron chi connectivity index (χ3n) is 3.61. The van der Waals surface area contributed by atoms with Crippen molar-refractivity contribution in [3.8, 4) is 0 Å². The van der Waals surface area contributed by atoms with Crippen LogP contribution in [-0.2, 0) is 21.2 Å². The van der Waals surface area contributed by atoms with E-state index in [4.69, 9.17) is 10.5 Å². The average molecular weight is 394 g/mol. The molecule has 0 bridgehead atoms. The lowest BCUT2D eigenvalue weighted by Crippen LogP contribution is -2.27. The Labute approximate surface area is 159 Å². The molecule has 0 aliphatic heterocycles. The standard InChI is InChI=1S/C18H26N4O4S/c1-13-7-9-15(10-8-13)27(24,25)20-11-5-6-14-12-22(16(19)21-14)17(23)26-18(2,3)4/h7-10,12,20H,5-6,11H2,1-4H3,(H2,19,21). The van der Waals surface area contributed by atoms with Crippen molar-refractivity contribution in [1.29, 1.82) is 0 Å². The van der Waals surface area contributed by atoms with Gasteiger partial charge in [-0.05, 0) is 52.7 Å². The first-order chi connectivity index (χ1) is 12.5. The van der Waals surface area contributed by atoms with Crippen LogP contribution in [0.2, 0.25) is 0 Å². The fourth-order valence-electron chi connectivity index (χ4n) is 2.30. The summed E-state index contributed by atoms with van der Waals surface area (Å²) < 4.78 is 33.4. The number of carbonyl (C=O) groups excluding carboxylic acids is 1. The van der Waals surface area contributed by atoms with Crippen LogP contribution in [0, 0.1) is 6.92 Å². The van der Waals surface area contributed by atoms with Gasteiger partial charge in [-0.25, -0.2) is 27.5 Å². The number of hydrogen-bond acceptors (Lipinski definition) is 6. The van der Waals surface area contributed by atoms with E-state index in [-0.39, 0.29) is 17.4 Å². The maximum atomic E-state index is 12.2. The molecule has 3 N–H and O–H groups in total. The van der Waals surface area contributed by atoms with E-state index in [0.717, 1.165) is 10.1 Å². The Morgan fingerprint density at radius 2 is 1.89 bits per heavy atom. The molecular formula is C18H26N4O4S. The summed E-state index contributed by atoms with van der Waals surface area (Å²) in [6.45, 7) is 7.43. The average Bonchev–Trinajstić information content (AvgIpc) is 2.91. The summed E-state index contributed by atoms with van der Waals surface area (Å²) in [7, 11) is -3.54. The second kappa shape index (κ2) is 8.10. The Kier molecular flexibility index (Phi) is 6.27. The zero-order valence-corrected chi connectivity index (χ0v) is 16.8. The Bertz CT molecular complexity index is 896. The molecule has 2 aromatic rings. The number of nitrogens with zero attached hydrogens (tertiary/aromatic N) is 2. The van der Waals surface area contributed by atoms with Crippen LogP contribution in [0.15, 0.2) is 35.4 Å². The molecule has 0 amide bonds. The fourth-order valence-corrected chi connectivity index (χ4v) is 3.37. The molecule has 1 aromatic carbocycles. The number of aromatic nitrogens is 2. The van der Waals surface area contributed by atoms with E-state index in [2.05, 4.69) is 9.71 Å². The second-order valence-electron chi connectivity index (χ2n) is 7.26. The molecule has 1 aromatic heterocycles. The summed E-state index contributed by atoms with van der Waals surface area (Å²) in [5, 5.41) is 0. The van der Waals surface area contributed by atoms with Crippen LogP contribution in [0.5, 0.6) is 0 Å². The highest BCUT2D eigenvalue weighted by Gasteiger charge is 2.20. The van der Waals surface area contributed by atoms with Crippen LogP contribution in [0.4, 0.5) is 10.7 Å². The van der Waals surface area contributed by atoms with E-state index < -0.39 is 21.7 Å². The number of anilines is 1. The normalized spacial score (nSPS) is 12.1. The van der Waals surface area contributed by atoms with E-state index in [9.17, 15) is 13.2 Å². The van der Waals surface area contributed by atoms with Crippen LogP contribution in [0.25, 0.3) is 0 Å². The first-order valence-corrected chi connectivity index (χ1v) is 10.1. The first-order valence-electron chi connectivity index (χ1n) is 8.61. The van der Waals surface area contributed by atoms with Gasteiger partial charge in [0.15, 0.2) is 0 Å². The van der Waals surface area contributed by atoms with E-state index >= 15 is 0 Å². The van der Waals surface area contributed by atoms with Crippen molar-refractivity contribution in [1.82, 2.24) is 14.3 Å². The van der Waals surface area contributed by atoms with E-state index in [1.165, 1.54) is 6.20 Å². The molecule has 0 unspecified atom stereocenters. The smallest absolute Gasteiger partial charge is 0.421 e. The van der Waals surface area contributed by atoms with Gasteiger partial charge in [-0.2, -0.15) is 0 Å². The van der Waals surface area contributed by atoms with Crippen molar-refractivity contribution in [3.05, 3.63) is 41.7 Å². The maximum Gasteiger partial charge on any atom is 0.421 e. The van der Waals surface area contributed by atoms with Crippen LogP contribution in [0.3, 0.4) is 0 Å². The molecule has 0 aliphatic carbocycles. The molecule has 27 heavy (non-hydrogen) atoms. The SMILES string of the molecule is Cc1ccc(S(=O)(=O)NCCCc2cn(C(=O)OC(C)(C)C)c(N)n2)cc1. The van der Waals surface area contributed by atoms with Gasteiger partial charge in [-0.1, -0.05) is 17.7 Å². The van der Waals surface area contributed by atoms with E-state index in [1.807, 2.05) is 6.92 Å². The molecule has 0 saturated heterocycles. The number of imidazole rings is 1. The predicted octanol–water partition coefficient (Wildman–Crippen LogP) is 2.47. The van der Waals surface area contributed by atoms with Crippen molar-refractivity contribution in [2.75, 3.05) is 12.3 Å². The number of nitrogens with two attached hydrogens (primary N) is 1. The van der Waals surface area contributed by atoms with Crippen molar-refractivity contribution < 1.29 is 17.9 Å². The Hall–Kier alpha value is -2.39. The molecule has 0 radical (unpaired) electrons. The minimum absolute atomic E-state index is 0.0412. The summed E-state index contributed by atoms with van der Waals surface area (Å²) in [4.78, 5) is 16.4. The van der Waals surface area contributed by atoms with Crippen LogP contribution >= 0.6 is 0 Å². The molecule has 0 fully saturated rings. The minimum atomic E-state index is -3.54. The van der Waals surface area contributed by atoms with Crippen molar-refractivity contribution in [3.63, 3.8) is 0 Å². The molecule has 0 atom stereocenters. The predicted molar refractivity (Wildman–Crippen MR) is 103 cm³/mol. The van der Waals surface area contributed by atoms with Crippen molar-refractivity contribution >= 4 is 22.1 Å². The number of ether oxygens (including phenoxy) is 1. The molecule has 0 aliphatic rings. The van der Waals surface area contributed by atoms with Crippen molar-refractivity contribution in [2.24, 2.45) is 0 Å². The number of sulfonamides is 1. The number of nitrogen functional groups attached to an aromatic ring is 1. The van der Waals surface area contributed by atoms with Gasteiger partial charge in [-0.3, -0.25) is 0 Å². The van der Waals surface area contributed by atoms with Gasteiger partial charge in [0.25, 0.3) is 0 Å².